The first-order chi connectivity index (χ1) is 12.0. The number of aromatic nitrogens is 1. The molecule has 26 heavy (non-hydrogen) atoms. The van der Waals surface area contributed by atoms with E-state index in [9.17, 15) is 4.79 Å². The lowest BCUT2D eigenvalue weighted by Crippen LogP contribution is -2.45. The maximum absolute atomic E-state index is 11.9. The molecular weight excluding hydrogens is 461 g/mol. The molecule has 0 radical (unpaired) electrons. The fraction of sp³-hybridized carbons (Fsp3) is 0.722. The summed E-state index contributed by atoms with van der Waals surface area (Å²) in [5.41, 5.74) is 0. The number of nitrogens with one attached hydrogen (secondary N) is 2. The average Bonchev–Trinajstić information content (AvgIpc) is 3.32. The molecule has 1 heterocycles. The molecule has 0 spiro atoms. The van der Waals surface area contributed by atoms with Crippen molar-refractivity contribution >= 4 is 47.2 Å². The SMILES string of the molecule is CCc1cnc(CNC(=NCC(=O)N(C)C)NC2CC3CCC2C3)s1.I. The van der Waals surface area contributed by atoms with E-state index in [1.54, 1.807) is 30.3 Å². The van der Waals surface area contributed by atoms with E-state index in [1.165, 1.54) is 30.6 Å². The van der Waals surface area contributed by atoms with Crippen molar-refractivity contribution in [3.05, 3.63) is 16.1 Å². The van der Waals surface area contributed by atoms with Crippen molar-refractivity contribution in [2.45, 2.75) is 51.6 Å². The van der Waals surface area contributed by atoms with Crippen LogP contribution in [-0.4, -0.2) is 48.4 Å². The van der Waals surface area contributed by atoms with E-state index in [-0.39, 0.29) is 36.4 Å². The molecule has 1 aromatic rings. The van der Waals surface area contributed by atoms with Crippen molar-refractivity contribution in [1.82, 2.24) is 20.5 Å². The van der Waals surface area contributed by atoms with E-state index in [2.05, 4.69) is 27.5 Å². The van der Waals surface area contributed by atoms with Crippen molar-refractivity contribution in [1.29, 1.82) is 0 Å². The molecule has 3 unspecified atom stereocenters. The number of aliphatic imine (C=N–C) groups is 1. The molecule has 2 fully saturated rings. The van der Waals surface area contributed by atoms with Gasteiger partial charge in [0.15, 0.2) is 5.96 Å². The maximum atomic E-state index is 11.9. The number of aryl methyl sites for hydroxylation is 1. The van der Waals surface area contributed by atoms with Crippen LogP contribution in [0.1, 0.15) is 42.5 Å². The minimum Gasteiger partial charge on any atom is -0.353 e. The van der Waals surface area contributed by atoms with Gasteiger partial charge in [0.2, 0.25) is 5.91 Å². The lowest BCUT2D eigenvalue weighted by molar-refractivity contribution is -0.127. The number of amides is 1. The highest BCUT2D eigenvalue weighted by Crippen LogP contribution is 2.44. The van der Waals surface area contributed by atoms with Crippen LogP contribution in [0.3, 0.4) is 0 Å². The molecule has 2 aliphatic rings. The van der Waals surface area contributed by atoms with Gasteiger partial charge < -0.3 is 15.5 Å². The Kier molecular flexibility index (Phi) is 8.12. The van der Waals surface area contributed by atoms with Crippen molar-refractivity contribution in [3.8, 4) is 0 Å². The Labute approximate surface area is 177 Å². The lowest BCUT2D eigenvalue weighted by Gasteiger charge is -2.25. The molecule has 6 nitrogen and oxygen atoms in total. The van der Waals surface area contributed by atoms with Crippen LogP contribution in [0.4, 0.5) is 0 Å². The van der Waals surface area contributed by atoms with Gasteiger partial charge in [0, 0.05) is 31.2 Å². The number of halogens is 1. The minimum atomic E-state index is 0. The molecule has 1 aromatic heterocycles. The normalized spacial score (nSPS) is 24.3. The second kappa shape index (κ2) is 9.87. The van der Waals surface area contributed by atoms with Crippen LogP contribution in [0.15, 0.2) is 11.2 Å². The number of fused-ring (bicyclic) bond motifs is 2. The van der Waals surface area contributed by atoms with E-state index in [0.29, 0.717) is 12.6 Å². The second-order valence-corrected chi connectivity index (χ2v) is 8.51. The van der Waals surface area contributed by atoms with Gasteiger partial charge in [0.25, 0.3) is 0 Å². The lowest BCUT2D eigenvalue weighted by atomic mass is 9.95. The first kappa shape index (κ1) is 21.4. The molecule has 2 saturated carbocycles. The summed E-state index contributed by atoms with van der Waals surface area (Å²) in [5.74, 6) is 2.38. The first-order valence-electron chi connectivity index (χ1n) is 9.23. The van der Waals surface area contributed by atoms with E-state index in [0.717, 1.165) is 29.2 Å². The number of likely N-dealkylation sites (N-methyl/N-ethyl adjacent to an activating group) is 1. The number of guanidine groups is 1. The Morgan fingerprint density at radius 1 is 1.38 bits per heavy atom. The summed E-state index contributed by atoms with van der Waals surface area (Å²) < 4.78 is 0. The zero-order valence-electron chi connectivity index (χ0n) is 15.8. The molecule has 1 amide bonds. The van der Waals surface area contributed by atoms with E-state index in [1.807, 2.05) is 6.20 Å². The van der Waals surface area contributed by atoms with Gasteiger partial charge >= 0.3 is 0 Å². The highest BCUT2D eigenvalue weighted by atomic mass is 127. The van der Waals surface area contributed by atoms with Crippen LogP contribution >= 0.6 is 35.3 Å². The van der Waals surface area contributed by atoms with Gasteiger partial charge in [0.1, 0.15) is 11.6 Å². The molecular formula is C18H30IN5OS. The molecule has 0 aromatic carbocycles. The number of rotatable bonds is 6. The first-order valence-corrected chi connectivity index (χ1v) is 10.1. The summed E-state index contributed by atoms with van der Waals surface area (Å²) in [6, 6.07) is 0.488. The fourth-order valence-electron chi connectivity index (χ4n) is 3.79. The Morgan fingerprint density at radius 3 is 2.77 bits per heavy atom. The standard InChI is InChI=1S/C18H29N5OS.HI/c1-4-14-9-19-16(25-14)10-20-18(21-11-17(24)23(2)3)22-15-8-12-5-6-13(15)7-12;/h9,12-13,15H,4-8,10-11H2,1-3H3,(H2,20,21,22);1H. The zero-order chi connectivity index (χ0) is 17.8. The maximum Gasteiger partial charge on any atom is 0.243 e. The topological polar surface area (TPSA) is 69.6 Å². The zero-order valence-corrected chi connectivity index (χ0v) is 19.0. The average molecular weight is 491 g/mol. The Morgan fingerprint density at radius 2 is 2.19 bits per heavy atom. The van der Waals surface area contributed by atoms with Crippen LogP contribution in [0.25, 0.3) is 0 Å². The van der Waals surface area contributed by atoms with Gasteiger partial charge in [0.05, 0.1) is 6.54 Å². The second-order valence-electron chi connectivity index (χ2n) is 7.31. The monoisotopic (exact) mass is 491 g/mol. The largest absolute Gasteiger partial charge is 0.353 e. The van der Waals surface area contributed by atoms with Gasteiger partial charge in [-0.3, -0.25) is 4.79 Å². The van der Waals surface area contributed by atoms with Crippen molar-refractivity contribution < 1.29 is 4.79 Å². The van der Waals surface area contributed by atoms with Crippen molar-refractivity contribution in [2.75, 3.05) is 20.6 Å². The van der Waals surface area contributed by atoms with Crippen LogP contribution in [0.5, 0.6) is 0 Å². The third-order valence-electron chi connectivity index (χ3n) is 5.29. The van der Waals surface area contributed by atoms with Crippen LogP contribution in [-0.2, 0) is 17.8 Å². The summed E-state index contributed by atoms with van der Waals surface area (Å²) in [5, 5.41) is 8.00. The summed E-state index contributed by atoms with van der Waals surface area (Å²) >= 11 is 1.73. The number of carbonyl (C=O) groups is 1. The summed E-state index contributed by atoms with van der Waals surface area (Å²) in [6.45, 7) is 2.95. The van der Waals surface area contributed by atoms with E-state index >= 15 is 0 Å². The summed E-state index contributed by atoms with van der Waals surface area (Å²) in [4.78, 5) is 23.7. The molecule has 8 heteroatoms. The highest BCUT2D eigenvalue weighted by molar-refractivity contribution is 14.0. The van der Waals surface area contributed by atoms with Crippen molar-refractivity contribution in [3.63, 3.8) is 0 Å². The Balaban J connectivity index is 0.00000243. The minimum absolute atomic E-state index is 0. The number of carbonyl (C=O) groups excluding carboxylic acids is 1. The van der Waals surface area contributed by atoms with E-state index < -0.39 is 0 Å². The molecule has 2 aliphatic carbocycles. The molecule has 0 aliphatic heterocycles. The molecule has 2 bridgehead atoms. The number of thiazole rings is 1. The van der Waals surface area contributed by atoms with Gasteiger partial charge in [-0.1, -0.05) is 13.3 Å². The molecule has 146 valence electrons. The smallest absolute Gasteiger partial charge is 0.243 e. The molecule has 2 N–H and O–H groups in total. The Hall–Kier alpha value is -0.900. The molecule has 0 saturated heterocycles. The molecule has 3 rings (SSSR count). The quantitative estimate of drug-likeness (QED) is 0.365. The number of hydrogen-bond donors (Lipinski definition) is 2. The van der Waals surface area contributed by atoms with Gasteiger partial charge in [-0.15, -0.1) is 35.3 Å². The van der Waals surface area contributed by atoms with Crippen LogP contribution in [0.2, 0.25) is 0 Å². The predicted octanol–water partition coefficient (Wildman–Crippen LogP) is 2.64. The molecule has 3 atom stereocenters. The van der Waals surface area contributed by atoms with Gasteiger partial charge in [-0.05, 0) is 37.5 Å². The van der Waals surface area contributed by atoms with Gasteiger partial charge in [-0.2, -0.15) is 0 Å². The number of hydrogen-bond acceptors (Lipinski definition) is 4. The summed E-state index contributed by atoms with van der Waals surface area (Å²) in [6.07, 6.45) is 8.22. The van der Waals surface area contributed by atoms with Crippen molar-refractivity contribution in [2.24, 2.45) is 16.8 Å². The fourth-order valence-corrected chi connectivity index (χ4v) is 4.59. The predicted molar refractivity (Wildman–Crippen MR) is 117 cm³/mol. The van der Waals surface area contributed by atoms with Crippen LogP contribution < -0.4 is 10.6 Å². The highest BCUT2D eigenvalue weighted by Gasteiger charge is 2.39. The van der Waals surface area contributed by atoms with Crippen LogP contribution in [0, 0.1) is 11.8 Å². The summed E-state index contributed by atoms with van der Waals surface area (Å²) in [7, 11) is 3.52. The third-order valence-corrected chi connectivity index (χ3v) is 6.43. The third kappa shape index (κ3) is 5.55. The number of nitrogens with zero attached hydrogens (tertiary/aromatic N) is 3. The van der Waals surface area contributed by atoms with E-state index in [4.69, 9.17) is 0 Å². The van der Waals surface area contributed by atoms with Gasteiger partial charge in [-0.25, -0.2) is 9.98 Å². The Bertz CT molecular complexity index is 633.